The van der Waals surface area contributed by atoms with Gasteiger partial charge in [0.1, 0.15) is 6.57 Å². The van der Waals surface area contributed by atoms with Crippen LogP contribution in [0.4, 0.5) is 11.4 Å². The van der Waals surface area contributed by atoms with Crippen LogP contribution in [-0.4, -0.2) is 9.97 Å². The standard InChI is InChI=1S/C20H9N4.C11H8N.Ir/c1-22-18-15(13-21)10-11-17(20(18)23-2)19-16(9-6-12-24-19)14-7-4-3-5-8-14;1-2-6-10(7-3-1)11-8-4-5-9-12-11;/h3-10,12H;1-6,8-9H;/q2*-1;. The van der Waals surface area contributed by atoms with Crippen LogP contribution in [0.3, 0.4) is 0 Å². The molecule has 0 aliphatic heterocycles. The number of hydrogen-bond acceptors (Lipinski definition) is 3. The molecule has 6 heteroatoms. The van der Waals surface area contributed by atoms with E-state index in [0.29, 0.717) is 11.3 Å². The normalized spacial score (nSPS) is 9.32. The van der Waals surface area contributed by atoms with Gasteiger partial charge in [0, 0.05) is 44.3 Å². The first kappa shape index (κ1) is 26.7. The van der Waals surface area contributed by atoms with Crippen LogP contribution in [0, 0.1) is 36.6 Å². The van der Waals surface area contributed by atoms with Crippen LogP contribution in [0.1, 0.15) is 5.56 Å². The molecule has 5 aromatic rings. The number of nitriles is 1. The Labute approximate surface area is 229 Å². The Morgan fingerprint density at radius 1 is 0.757 bits per heavy atom. The number of pyridine rings is 2. The third-order valence-electron chi connectivity index (χ3n) is 5.20. The minimum atomic E-state index is 0. The summed E-state index contributed by atoms with van der Waals surface area (Å²) in [6.07, 6.45) is 3.43. The van der Waals surface area contributed by atoms with Gasteiger partial charge in [0.05, 0.1) is 6.57 Å². The van der Waals surface area contributed by atoms with Crippen LogP contribution in [-0.2, 0) is 20.1 Å². The quantitative estimate of drug-likeness (QED) is 0.188. The van der Waals surface area contributed by atoms with E-state index < -0.39 is 0 Å². The minimum absolute atomic E-state index is 0. The summed E-state index contributed by atoms with van der Waals surface area (Å²) in [6, 6.07) is 36.6. The second kappa shape index (κ2) is 13.2. The fourth-order valence-corrected chi connectivity index (χ4v) is 3.54. The van der Waals surface area contributed by atoms with Gasteiger partial charge in [0.15, 0.2) is 0 Å². The van der Waals surface area contributed by atoms with Crippen molar-refractivity contribution in [3.05, 3.63) is 144 Å². The molecule has 5 rings (SSSR count). The molecule has 0 atom stereocenters. The van der Waals surface area contributed by atoms with E-state index in [-0.39, 0.29) is 37.0 Å². The molecule has 0 bridgehead atoms. The first-order chi connectivity index (χ1) is 17.8. The van der Waals surface area contributed by atoms with E-state index in [1.807, 2.05) is 91.0 Å². The van der Waals surface area contributed by atoms with Crippen molar-refractivity contribution in [3.8, 4) is 39.7 Å². The van der Waals surface area contributed by atoms with E-state index in [2.05, 4.69) is 31.8 Å². The van der Waals surface area contributed by atoms with Crippen LogP contribution in [0.25, 0.3) is 43.3 Å². The van der Waals surface area contributed by atoms with E-state index in [9.17, 15) is 0 Å². The van der Waals surface area contributed by atoms with Crippen LogP contribution in [0.5, 0.6) is 0 Å². The van der Waals surface area contributed by atoms with E-state index in [1.54, 1.807) is 12.4 Å². The van der Waals surface area contributed by atoms with Crippen LogP contribution >= 0.6 is 0 Å². The van der Waals surface area contributed by atoms with Gasteiger partial charge in [-0.3, -0.25) is 0 Å². The van der Waals surface area contributed by atoms with E-state index in [0.717, 1.165) is 22.4 Å². The number of benzene rings is 3. The summed E-state index contributed by atoms with van der Waals surface area (Å²) < 4.78 is 0. The molecular weight excluding hydrogens is 635 g/mol. The Morgan fingerprint density at radius 3 is 2.14 bits per heavy atom. The van der Waals surface area contributed by atoms with Gasteiger partial charge in [-0.15, -0.1) is 48.0 Å². The van der Waals surface area contributed by atoms with Crippen molar-refractivity contribution in [1.29, 1.82) is 5.26 Å². The molecule has 0 aliphatic carbocycles. The van der Waals surface area contributed by atoms with Crippen LogP contribution in [0.2, 0.25) is 0 Å². The van der Waals surface area contributed by atoms with Crippen molar-refractivity contribution in [2.24, 2.45) is 0 Å². The van der Waals surface area contributed by atoms with Crippen molar-refractivity contribution < 1.29 is 20.1 Å². The summed E-state index contributed by atoms with van der Waals surface area (Å²) in [5.41, 5.74) is 5.14. The molecule has 5 nitrogen and oxygen atoms in total. The molecule has 2 aromatic heterocycles. The molecule has 0 aliphatic rings. The average molecular weight is 652 g/mol. The molecule has 177 valence electrons. The Morgan fingerprint density at radius 2 is 1.49 bits per heavy atom. The predicted octanol–water partition coefficient (Wildman–Crippen LogP) is 7.74. The van der Waals surface area contributed by atoms with Crippen molar-refractivity contribution in [2.45, 2.75) is 0 Å². The Hall–Kier alpha value is -4.92. The Bertz CT molecular complexity index is 1560. The number of rotatable bonds is 3. The molecule has 0 fully saturated rings. The van der Waals surface area contributed by atoms with Gasteiger partial charge in [-0.1, -0.05) is 48.5 Å². The molecule has 2 heterocycles. The van der Waals surface area contributed by atoms with Gasteiger partial charge < -0.3 is 9.97 Å². The Balaban J connectivity index is 0.000000246. The number of hydrogen-bond donors (Lipinski definition) is 0. The van der Waals surface area contributed by atoms with Gasteiger partial charge in [-0.05, 0) is 40.1 Å². The molecule has 0 N–H and O–H groups in total. The first-order valence-corrected chi connectivity index (χ1v) is 10.9. The molecule has 0 spiro atoms. The maximum absolute atomic E-state index is 9.13. The smallest absolute Gasteiger partial charge is 0.244 e. The van der Waals surface area contributed by atoms with E-state index >= 15 is 0 Å². The second-order valence-corrected chi connectivity index (χ2v) is 7.37. The second-order valence-electron chi connectivity index (χ2n) is 7.37. The van der Waals surface area contributed by atoms with Crippen molar-refractivity contribution in [1.82, 2.24) is 9.97 Å². The fraction of sp³-hybridized carbons (Fsp3) is 0. The maximum Gasteiger partial charge on any atom is 0.244 e. The van der Waals surface area contributed by atoms with Gasteiger partial charge in [-0.2, -0.15) is 0 Å². The summed E-state index contributed by atoms with van der Waals surface area (Å²) in [6.45, 7) is 14.8. The summed E-state index contributed by atoms with van der Waals surface area (Å²) in [5, 5.41) is 9.13. The van der Waals surface area contributed by atoms with Gasteiger partial charge in [0.25, 0.3) is 0 Å². The average Bonchev–Trinajstić information content (AvgIpc) is 2.98. The van der Waals surface area contributed by atoms with Gasteiger partial charge >= 0.3 is 0 Å². The minimum Gasteiger partial charge on any atom is -0.305 e. The van der Waals surface area contributed by atoms with Gasteiger partial charge in [-0.25, -0.2) is 15.0 Å². The van der Waals surface area contributed by atoms with E-state index in [4.69, 9.17) is 18.4 Å². The number of nitrogens with zero attached hydrogens (tertiary/aromatic N) is 5. The van der Waals surface area contributed by atoms with Crippen molar-refractivity contribution in [2.75, 3.05) is 0 Å². The zero-order valence-electron chi connectivity index (χ0n) is 19.4. The van der Waals surface area contributed by atoms with E-state index in [1.165, 1.54) is 6.07 Å². The monoisotopic (exact) mass is 652 g/mol. The zero-order chi connectivity index (χ0) is 25.2. The Kier molecular flexibility index (Phi) is 9.55. The molecule has 3 aromatic carbocycles. The largest absolute Gasteiger partial charge is 0.305 e. The molecule has 37 heavy (non-hydrogen) atoms. The van der Waals surface area contributed by atoms with Crippen LogP contribution < -0.4 is 0 Å². The molecule has 0 amide bonds. The predicted molar refractivity (Wildman–Crippen MR) is 140 cm³/mol. The summed E-state index contributed by atoms with van der Waals surface area (Å²) >= 11 is 0. The van der Waals surface area contributed by atoms with Crippen molar-refractivity contribution in [3.63, 3.8) is 0 Å². The molecule has 0 saturated heterocycles. The SMILES string of the molecule is [C-]#[N+]c1c(-c2ncccc2-c2ccccc2)[c-]cc(C#N)c1[N+]#[C-].[Ir].[c-]1ccccc1-c1ccccn1. The molecular formula is C31H17IrN5-2. The maximum atomic E-state index is 9.13. The third kappa shape index (κ3) is 6.21. The third-order valence-corrected chi connectivity index (χ3v) is 5.20. The summed E-state index contributed by atoms with van der Waals surface area (Å²) in [5.74, 6) is 0. The summed E-state index contributed by atoms with van der Waals surface area (Å²) in [4.78, 5) is 15.5. The first-order valence-electron chi connectivity index (χ1n) is 10.9. The summed E-state index contributed by atoms with van der Waals surface area (Å²) in [7, 11) is 0. The molecule has 0 saturated carbocycles. The zero-order valence-corrected chi connectivity index (χ0v) is 21.8. The van der Waals surface area contributed by atoms with Crippen molar-refractivity contribution >= 4 is 11.4 Å². The van der Waals surface area contributed by atoms with Gasteiger partial charge in [0.2, 0.25) is 11.4 Å². The fourth-order valence-electron chi connectivity index (χ4n) is 3.54. The molecule has 0 unspecified atom stereocenters. The topological polar surface area (TPSA) is 58.3 Å². The molecule has 1 radical (unpaired) electrons. The number of aromatic nitrogens is 2. The van der Waals surface area contributed by atoms with Crippen LogP contribution in [0.15, 0.2) is 103 Å².